The van der Waals surface area contributed by atoms with Gasteiger partial charge >= 0.3 is 0 Å². The largest absolute Gasteiger partial charge is 0.376 e. The molecule has 3 heteroatoms. The molecule has 19 heavy (non-hydrogen) atoms. The number of rotatable bonds is 8. The lowest BCUT2D eigenvalue weighted by atomic mass is 10.1. The summed E-state index contributed by atoms with van der Waals surface area (Å²) in [6.07, 6.45) is 1.20. The van der Waals surface area contributed by atoms with Crippen LogP contribution in [0.1, 0.15) is 45.7 Å². The van der Waals surface area contributed by atoms with Crippen LogP contribution in [0, 0.1) is 11.7 Å². The van der Waals surface area contributed by atoms with Crippen LogP contribution in [0.5, 0.6) is 0 Å². The van der Waals surface area contributed by atoms with E-state index in [1.807, 2.05) is 12.1 Å². The number of hydrogen-bond donors (Lipinski definition) is 1. The Morgan fingerprint density at radius 1 is 1.21 bits per heavy atom. The molecule has 1 rings (SSSR count). The van der Waals surface area contributed by atoms with Crippen molar-refractivity contribution in [2.45, 2.75) is 46.3 Å². The molecule has 0 heterocycles. The molecule has 0 aliphatic carbocycles. The Bertz CT molecular complexity index is 368. The molecule has 0 radical (unpaired) electrons. The lowest BCUT2D eigenvalue weighted by molar-refractivity contribution is 0.0213. The van der Waals surface area contributed by atoms with Crippen molar-refractivity contribution in [2.75, 3.05) is 13.2 Å². The van der Waals surface area contributed by atoms with Crippen LogP contribution in [0.2, 0.25) is 0 Å². The standard InChI is InChI=1S/C16H26FNO/c1-5-10-18-16(11-19-13(4)12(2)3)14-8-6-7-9-15(14)17/h6-9,12-13,16,18H,5,10-11H2,1-4H3. The number of nitrogens with one attached hydrogen (secondary N) is 1. The molecule has 1 aromatic rings. The van der Waals surface area contributed by atoms with Crippen molar-refractivity contribution in [1.82, 2.24) is 5.32 Å². The van der Waals surface area contributed by atoms with Gasteiger partial charge in [-0.3, -0.25) is 0 Å². The summed E-state index contributed by atoms with van der Waals surface area (Å²) in [7, 11) is 0. The summed E-state index contributed by atoms with van der Waals surface area (Å²) in [4.78, 5) is 0. The van der Waals surface area contributed by atoms with E-state index in [0.717, 1.165) is 13.0 Å². The maximum Gasteiger partial charge on any atom is 0.128 e. The molecular weight excluding hydrogens is 241 g/mol. The van der Waals surface area contributed by atoms with Gasteiger partial charge in [-0.05, 0) is 31.9 Å². The zero-order chi connectivity index (χ0) is 14.3. The third-order valence-corrected chi connectivity index (χ3v) is 3.39. The topological polar surface area (TPSA) is 21.3 Å². The van der Waals surface area contributed by atoms with Gasteiger partial charge in [0.2, 0.25) is 0 Å². The Morgan fingerprint density at radius 2 is 1.89 bits per heavy atom. The second kappa shape index (κ2) is 8.28. The van der Waals surface area contributed by atoms with Gasteiger partial charge < -0.3 is 10.1 Å². The maximum absolute atomic E-state index is 13.9. The molecule has 2 nitrogen and oxygen atoms in total. The first-order chi connectivity index (χ1) is 9.06. The van der Waals surface area contributed by atoms with E-state index in [0.29, 0.717) is 18.1 Å². The highest BCUT2D eigenvalue weighted by Crippen LogP contribution is 2.19. The molecule has 0 aliphatic heterocycles. The van der Waals surface area contributed by atoms with Crippen LogP contribution in [0.15, 0.2) is 24.3 Å². The van der Waals surface area contributed by atoms with Crippen LogP contribution in [0.25, 0.3) is 0 Å². The number of hydrogen-bond acceptors (Lipinski definition) is 2. The van der Waals surface area contributed by atoms with Crippen molar-refractivity contribution in [3.63, 3.8) is 0 Å². The van der Waals surface area contributed by atoms with Crippen LogP contribution in [-0.4, -0.2) is 19.3 Å². The van der Waals surface area contributed by atoms with Crippen LogP contribution < -0.4 is 5.32 Å². The summed E-state index contributed by atoms with van der Waals surface area (Å²) in [5.41, 5.74) is 0.687. The van der Waals surface area contributed by atoms with Gasteiger partial charge in [-0.1, -0.05) is 39.0 Å². The molecule has 0 saturated heterocycles. The van der Waals surface area contributed by atoms with Crippen LogP contribution >= 0.6 is 0 Å². The summed E-state index contributed by atoms with van der Waals surface area (Å²) in [6.45, 7) is 9.77. The summed E-state index contributed by atoms with van der Waals surface area (Å²) < 4.78 is 19.7. The van der Waals surface area contributed by atoms with E-state index < -0.39 is 0 Å². The molecule has 0 fully saturated rings. The minimum atomic E-state index is -0.170. The fourth-order valence-corrected chi connectivity index (χ4v) is 1.78. The van der Waals surface area contributed by atoms with Crippen molar-refractivity contribution in [2.24, 2.45) is 5.92 Å². The van der Waals surface area contributed by atoms with Crippen molar-refractivity contribution < 1.29 is 9.13 Å². The lowest BCUT2D eigenvalue weighted by Crippen LogP contribution is -2.29. The molecule has 1 N–H and O–H groups in total. The van der Waals surface area contributed by atoms with Gasteiger partial charge in [0.05, 0.1) is 18.8 Å². The third kappa shape index (κ3) is 5.29. The minimum absolute atomic E-state index is 0.0812. The Balaban J connectivity index is 2.69. The smallest absolute Gasteiger partial charge is 0.128 e. The van der Waals surface area contributed by atoms with Gasteiger partial charge in [-0.2, -0.15) is 0 Å². The molecule has 1 aromatic carbocycles. The highest BCUT2D eigenvalue weighted by atomic mass is 19.1. The molecule has 2 unspecified atom stereocenters. The predicted molar refractivity (Wildman–Crippen MR) is 77.7 cm³/mol. The van der Waals surface area contributed by atoms with Gasteiger partial charge in [0.1, 0.15) is 5.82 Å². The predicted octanol–water partition coefficient (Wildman–Crippen LogP) is 3.93. The van der Waals surface area contributed by atoms with Crippen LogP contribution in [0.4, 0.5) is 4.39 Å². The number of ether oxygens (including phenoxy) is 1. The molecule has 0 bridgehead atoms. The van der Waals surface area contributed by atoms with E-state index in [1.54, 1.807) is 6.07 Å². The zero-order valence-electron chi connectivity index (χ0n) is 12.4. The van der Waals surface area contributed by atoms with Crippen molar-refractivity contribution in [3.8, 4) is 0 Å². The first kappa shape index (κ1) is 16.1. The van der Waals surface area contributed by atoms with Crippen molar-refractivity contribution >= 4 is 0 Å². The first-order valence-corrected chi connectivity index (χ1v) is 7.15. The van der Waals surface area contributed by atoms with E-state index in [9.17, 15) is 4.39 Å². The summed E-state index contributed by atoms with van der Waals surface area (Å²) in [6, 6.07) is 6.83. The monoisotopic (exact) mass is 267 g/mol. The lowest BCUT2D eigenvalue weighted by Gasteiger charge is -2.23. The SMILES string of the molecule is CCCNC(COC(C)C(C)C)c1ccccc1F. The van der Waals surface area contributed by atoms with E-state index in [2.05, 4.69) is 33.0 Å². The van der Waals surface area contributed by atoms with Gasteiger partial charge in [0.15, 0.2) is 0 Å². The number of halogens is 1. The zero-order valence-corrected chi connectivity index (χ0v) is 12.4. The molecule has 0 aromatic heterocycles. The molecule has 0 aliphatic rings. The van der Waals surface area contributed by atoms with Crippen molar-refractivity contribution in [1.29, 1.82) is 0 Å². The summed E-state index contributed by atoms with van der Waals surface area (Å²) in [5, 5.41) is 3.36. The second-order valence-electron chi connectivity index (χ2n) is 5.31. The van der Waals surface area contributed by atoms with Gasteiger partial charge in [0.25, 0.3) is 0 Å². The van der Waals surface area contributed by atoms with Crippen LogP contribution in [-0.2, 0) is 4.74 Å². The third-order valence-electron chi connectivity index (χ3n) is 3.39. The Labute approximate surface area is 116 Å². The maximum atomic E-state index is 13.9. The number of benzene rings is 1. The fraction of sp³-hybridized carbons (Fsp3) is 0.625. The molecule has 2 atom stereocenters. The van der Waals surface area contributed by atoms with Gasteiger partial charge in [-0.15, -0.1) is 0 Å². The molecule has 0 amide bonds. The molecule has 0 spiro atoms. The van der Waals surface area contributed by atoms with Gasteiger partial charge in [0, 0.05) is 5.56 Å². The minimum Gasteiger partial charge on any atom is -0.376 e. The van der Waals surface area contributed by atoms with E-state index in [1.165, 1.54) is 6.07 Å². The normalized spacial score (nSPS) is 14.6. The van der Waals surface area contributed by atoms with E-state index in [-0.39, 0.29) is 18.0 Å². The second-order valence-corrected chi connectivity index (χ2v) is 5.31. The van der Waals surface area contributed by atoms with Crippen LogP contribution in [0.3, 0.4) is 0 Å². The highest BCUT2D eigenvalue weighted by Gasteiger charge is 2.17. The molecule has 108 valence electrons. The van der Waals surface area contributed by atoms with E-state index >= 15 is 0 Å². The quantitative estimate of drug-likeness (QED) is 0.770. The Kier molecular flexibility index (Phi) is 7.03. The van der Waals surface area contributed by atoms with Gasteiger partial charge in [-0.25, -0.2) is 4.39 Å². The molecular formula is C16H26FNO. The Morgan fingerprint density at radius 3 is 2.47 bits per heavy atom. The van der Waals surface area contributed by atoms with E-state index in [4.69, 9.17) is 4.74 Å². The Hall–Kier alpha value is -0.930. The molecule has 0 saturated carbocycles. The van der Waals surface area contributed by atoms with Crippen molar-refractivity contribution in [3.05, 3.63) is 35.6 Å². The fourth-order valence-electron chi connectivity index (χ4n) is 1.78. The average Bonchev–Trinajstić information content (AvgIpc) is 2.39. The first-order valence-electron chi connectivity index (χ1n) is 7.15. The average molecular weight is 267 g/mol. The summed E-state index contributed by atoms with van der Waals surface area (Å²) in [5.74, 6) is 0.296. The highest BCUT2D eigenvalue weighted by molar-refractivity contribution is 5.21. The summed E-state index contributed by atoms with van der Waals surface area (Å²) >= 11 is 0.